The Kier molecular flexibility index (Phi) is 4.57. The van der Waals surface area contributed by atoms with Gasteiger partial charge in [0.15, 0.2) is 0 Å². The monoisotopic (exact) mass is 224 g/mol. The van der Waals surface area contributed by atoms with Gasteiger partial charge < -0.3 is 4.74 Å². The lowest BCUT2D eigenvalue weighted by Gasteiger charge is -2.40. The minimum Gasteiger partial charge on any atom is -0.466 e. The number of hydrogen-bond acceptors (Lipinski definition) is 2. The smallest absolute Gasteiger partial charge is 0.305 e. The van der Waals surface area contributed by atoms with Gasteiger partial charge in [-0.2, -0.15) is 0 Å². The molecule has 1 saturated carbocycles. The highest BCUT2D eigenvalue weighted by molar-refractivity contribution is 5.69. The Balaban J connectivity index is 2.50. The summed E-state index contributed by atoms with van der Waals surface area (Å²) in [7, 11) is 0. The molecule has 1 unspecified atom stereocenters. The lowest BCUT2D eigenvalue weighted by molar-refractivity contribution is -0.143. The maximum Gasteiger partial charge on any atom is 0.305 e. The fourth-order valence-electron chi connectivity index (χ4n) is 2.76. The molecule has 0 heterocycles. The van der Waals surface area contributed by atoms with Crippen LogP contribution >= 0.6 is 0 Å². The fourth-order valence-corrected chi connectivity index (χ4v) is 2.76. The van der Waals surface area contributed by atoms with Crippen LogP contribution < -0.4 is 0 Å². The van der Waals surface area contributed by atoms with Crippen LogP contribution in [0.25, 0.3) is 0 Å². The number of hydrogen-bond donors (Lipinski definition) is 0. The zero-order chi connectivity index (χ0) is 12.2. The number of ether oxygens (including phenoxy) is 1. The molecule has 92 valence electrons. The first-order valence-corrected chi connectivity index (χ1v) is 6.30. The lowest BCUT2D eigenvalue weighted by Crippen LogP contribution is -2.30. The standard InChI is InChI=1S/C14H24O2/c1-5-16-13(15)9-8-12-11(2)7-6-10-14(12,3)4/h12H,2,5-10H2,1,3-4H3. The summed E-state index contributed by atoms with van der Waals surface area (Å²) in [6.07, 6.45) is 5.02. The predicted molar refractivity (Wildman–Crippen MR) is 66.1 cm³/mol. The SMILES string of the molecule is C=C1CCCC(C)(C)C1CCC(=O)OCC. The largest absolute Gasteiger partial charge is 0.466 e. The van der Waals surface area contributed by atoms with Crippen molar-refractivity contribution in [2.75, 3.05) is 6.61 Å². The molecule has 0 spiro atoms. The van der Waals surface area contributed by atoms with Gasteiger partial charge in [-0.3, -0.25) is 4.79 Å². The Labute approximate surface area is 99.1 Å². The number of allylic oxidation sites excluding steroid dienone is 1. The van der Waals surface area contributed by atoms with Crippen molar-refractivity contribution in [1.82, 2.24) is 0 Å². The highest BCUT2D eigenvalue weighted by atomic mass is 16.5. The Bertz CT molecular complexity index is 266. The fraction of sp³-hybridized carbons (Fsp3) is 0.786. The van der Waals surface area contributed by atoms with Gasteiger partial charge >= 0.3 is 5.97 Å². The third-order valence-corrected chi connectivity index (χ3v) is 3.70. The molecule has 2 nitrogen and oxygen atoms in total. The molecule has 0 N–H and O–H groups in total. The number of esters is 1. The van der Waals surface area contributed by atoms with E-state index in [1.54, 1.807) is 0 Å². The Morgan fingerprint density at radius 3 is 2.81 bits per heavy atom. The minimum absolute atomic E-state index is 0.0725. The third kappa shape index (κ3) is 3.36. The molecule has 1 rings (SSSR count). The van der Waals surface area contributed by atoms with Crippen LogP contribution in [-0.4, -0.2) is 12.6 Å². The van der Waals surface area contributed by atoms with Crippen molar-refractivity contribution in [3.63, 3.8) is 0 Å². The molecule has 1 atom stereocenters. The summed E-state index contributed by atoms with van der Waals surface area (Å²) in [6, 6.07) is 0. The number of carbonyl (C=O) groups is 1. The first kappa shape index (κ1) is 13.3. The average Bonchev–Trinajstić information content (AvgIpc) is 2.16. The zero-order valence-electron chi connectivity index (χ0n) is 10.8. The van der Waals surface area contributed by atoms with Crippen LogP contribution in [0, 0.1) is 11.3 Å². The quantitative estimate of drug-likeness (QED) is 0.537. The molecular formula is C14H24O2. The van der Waals surface area contributed by atoms with Gasteiger partial charge in [-0.05, 0) is 43.9 Å². The van der Waals surface area contributed by atoms with E-state index in [4.69, 9.17) is 4.74 Å². The van der Waals surface area contributed by atoms with E-state index in [0.29, 0.717) is 24.4 Å². The zero-order valence-corrected chi connectivity index (χ0v) is 10.8. The molecule has 1 aliphatic rings. The van der Waals surface area contributed by atoms with Crippen LogP contribution in [0.5, 0.6) is 0 Å². The Morgan fingerprint density at radius 2 is 2.25 bits per heavy atom. The molecular weight excluding hydrogens is 200 g/mol. The molecule has 0 amide bonds. The molecule has 0 aromatic rings. The van der Waals surface area contributed by atoms with Gasteiger partial charge in [0, 0.05) is 6.42 Å². The second-order valence-electron chi connectivity index (χ2n) is 5.40. The summed E-state index contributed by atoms with van der Waals surface area (Å²) in [5.41, 5.74) is 1.61. The van der Waals surface area contributed by atoms with E-state index in [2.05, 4.69) is 20.4 Å². The summed E-state index contributed by atoms with van der Waals surface area (Å²) in [5, 5.41) is 0. The average molecular weight is 224 g/mol. The van der Waals surface area contributed by atoms with E-state index in [-0.39, 0.29) is 5.97 Å². The van der Waals surface area contributed by atoms with Crippen molar-refractivity contribution in [2.24, 2.45) is 11.3 Å². The van der Waals surface area contributed by atoms with Crippen LogP contribution in [0.3, 0.4) is 0 Å². The Hall–Kier alpha value is -0.790. The molecule has 0 radical (unpaired) electrons. The van der Waals surface area contributed by atoms with Crippen LogP contribution in [-0.2, 0) is 9.53 Å². The van der Waals surface area contributed by atoms with Gasteiger partial charge in [0.25, 0.3) is 0 Å². The third-order valence-electron chi connectivity index (χ3n) is 3.70. The summed E-state index contributed by atoms with van der Waals surface area (Å²) in [5.74, 6) is 0.405. The maximum absolute atomic E-state index is 11.4. The van der Waals surface area contributed by atoms with Crippen LogP contribution in [0.15, 0.2) is 12.2 Å². The summed E-state index contributed by atoms with van der Waals surface area (Å²) >= 11 is 0. The maximum atomic E-state index is 11.4. The van der Waals surface area contributed by atoms with Crippen molar-refractivity contribution >= 4 is 5.97 Å². The van der Waals surface area contributed by atoms with E-state index >= 15 is 0 Å². The summed E-state index contributed by atoms with van der Waals surface area (Å²) < 4.78 is 4.97. The highest BCUT2D eigenvalue weighted by Gasteiger charge is 2.34. The topological polar surface area (TPSA) is 26.3 Å². The molecule has 1 fully saturated rings. The molecule has 0 bridgehead atoms. The second-order valence-corrected chi connectivity index (χ2v) is 5.40. The normalized spacial score (nSPS) is 24.2. The van der Waals surface area contributed by atoms with Gasteiger partial charge in [-0.15, -0.1) is 0 Å². The molecule has 0 aromatic carbocycles. The van der Waals surface area contributed by atoms with E-state index in [0.717, 1.165) is 12.8 Å². The molecule has 16 heavy (non-hydrogen) atoms. The highest BCUT2D eigenvalue weighted by Crippen LogP contribution is 2.45. The van der Waals surface area contributed by atoms with Crippen molar-refractivity contribution in [3.05, 3.63) is 12.2 Å². The van der Waals surface area contributed by atoms with Gasteiger partial charge in [-0.25, -0.2) is 0 Å². The van der Waals surface area contributed by atoms with E-state index in [9.17, 15) is 4.79 Å². The Morgan fingerprint density at radius 1 is 1.56 bits per heavy atom. The van der Waals surface area contributed by atoms with Gasteiger partial charge in [0.1, 0.15) is 0 Å². The van der Waals surface area contributed by atoms with Gasteiger partial charge in [-0.1, -0.05) is 26.0 Å². The molecule has 0 aromatic heterocycles. The van der Waals surface area contributed by atoms with Crippen molar-refractivity contribution in [2.45, 2.75) is 52.9 Å². The molecule has 1 aliphatic carbocycles. The minimum atomic E-state index is -0.0725. The first-order chi connectivity index (χ1) is 7.47. The van der Waals surface area contributed by atoms with Crippen LogP contribution in [0.1, 0.15) is 52.9 Å². The predicted octanol–water partition coefficient (Wildman–Crippen LogP) is 3.71. The van der Waals surface area contributed by atoms with Crippen molar-refractivity contribution in [3.8, 4) is 0 Å². The number of carbonyl (C=O) groups excluding carboxylic acids is 1. The van der Waals surface area contributed by atoms with E-state index < -0.39 is 0 Å². The second kappa shape index (κ2) is 5.51. The van der Waals surface area contributed by atoms with Crippen LogP contribution in [0.4, 0.5) is 0 Å². The summed E-state index contributed by atoms with van der Waals surface area (Å²) in [6.45, 7) is 11.1. The van der Waals surface area contributed by atoms with Gasteiger partial charge in [0.05, 0.1) is 6.61 Å². The lowest BCUT2D eigenvalue weighted by atomic mass is 9.65. The van der Waals surface area contributed by atoms with Crippen molar-refractivity contribution < 1.29 is 9.53 Å². The molecule has 2 heteroatoms. The van der Waals surface area contributed by atoms with E-state index in [1.807, 2.05) is 6.92 Å². The van der Waals surface area contributed by atoms with Gasteiger partial charge in [0.2, 0.25) is 0 Å². The van der Waals surface area contributed by atoms with Crippen molar-refractivity contribution in [1.29, 1.82) is 0 Å². The summed E-state index contributed by atoms with van der Waals surface area (Å²) in [4.78, 5) is 11.4. The molecule has 0 saturated heterocycles. The first-order valence-electron chi connectivity index (χ1n) is 6.30. The number of rotatable bonds is 4. The van der Waals surface area contributed by atoms with E-state index in [1.165, 1.54) is 18.4 Å². The van der Waals surface area contributed by atoms with Crippen LogP contribution in [0.2, 0.25) is 0 Å². The molecule has 0 aliphatic heterocycles.